The lowest BCUT2D eigenvalue weighted by molar-refractivity contribution is -0.385. The Kier molecular flexibility index (Phi) is 6.37. The normalized spacial score (nSPS) is 23.9. The Balaban J connectivity index is 1.63. The summed E-state index contributed by atoms with van der Waals surface area (Å²) in [7, 11) is -3.98. The number of hydrogen-bond donors (Lipinski definition) is 0. The third-order valence-electron chi connectivity index (χ3n) is 5.70. The number of alkyl halides is 3. The molecule has 1 saturated carbocycles. The minimum Gasteiger partial charge on any atom is -0.340 e. The van der Waals surface area contributed by atoms with E-state index in [2.05, 4.69) is 0 Å². The second kappa shape index (κ2) is 8.50. The van der Waals surface area contributed by atoms with E-state index >= 15 is 0 Å². The quantitative estimate of drug-likeness (QED) is 0.520. The predicted octanol–water partition coefficient (Wildman–Crippen LogP) is 2.80. The summed E-state index contributed by atoms with van der Waals surface area (Å²) in [6.45, 7) is 0.0960. The zero-order chi connectivity index (χ0) is 22.1. The molecule has 12 heteroatoms. The Hall–Kier alpha value is -2.21. The number of nitrogens with zero attached hydrogens (tertiary/aromatic N) is 3. The molecule has 8 nitrogen and oxygen atoms in total. The van der Waals surface area contributed by atoms with Crippen LogP contribution in [0.4, 0.5) is 18.9 Å². The van der Waals surface area contributed by atoms with Gasteiger partial charge in [0.25, 0.3) is 5.69 Å². The number of sulfonamides is 1. The number of rotatable bonds is 4. The molecule has 0 radical (unpaired) electrons. The van der Waals surface area contributed by atoms with Crippen molar-refractivity contribution in [2.75, 3.05) is 26.2 Å². The van der Waals surface area contributed by atoms with Crippen LogP contribution in [-0.4, -0.2) is 60.8 Å². The van der Waals surface area contributed by atoms with E-state index in [-0.39, 0.29) is 55.5 Å². The first kappa shape index (κ1) is 22.5. The summed E-state index contributed by atoms with van der Waals surface area (Å²) in [4.78, 5) is 24.1. The number of piperazine rings is 1. The van der Waals surface area contributed by atoms with Crippen molar-refractivity contribution in [3.05, 3.63) is 34.4 Å². The van der Waals surface area contributed by atoms with Crippen molar-refractivity contribution in [3.8, 4) is 0 Å². The van der Waals surface area contributed by atoms with Crippen LogP contribution in [0.15, 0.2) is 29.2 Å². The number of benzene rings is 1. The number of carbonyl (C=O) groups is 1. The molecule has 3 rings (SSSR count). The number of amides is 1. The van der Waals surface area contributed by atoms with Crippen LogP contribution in [0, 0.1) is 22.0 Å². The molecule has 30 heavy (non-hydrogen) atoms. The molecule has 1 saturated heterocycles. The van der Waals surface area contributed by atoms with Crippen molar-refractivity contribution >= 4 is 21.6 Å². The van der Waals surface area contributed by atoms with Gasteiger partial charge in [0, 0.05) is 44.2 Å². The molecule has 1 aliphatic heterocycles. The Morgan fingerprint density at radius 1 is 1.13 bits per heavy atom. The molecule has 166 valence electrons. The second-order valence-electron chi connectivity index (χ2n) is 7.59. The number of halogens is 3. The average molecular weight is 449 g/mol. The fraction of sp³-hybridized carbons (Fsp3) is 0.611. The van der Waals surface area contributed by atoms with Gasteiger partial charge >= 0.3 is 6.18 Å². The molecule has 2 atom stereocenters. The van der Waals surface area contributed by atoms with Gasteiger partial charge < -0.3 is 4.90 Å². The fourth-order valence-corrected chi connectivity index (χ4v) is 5.49. The number of hydrogen-bond acceptors (Lipinski definition) is 5. The van der Waals surface area contributed by atoms with Gasteiger partial charge in [-0.05, 0) is 25.3 Å². The Bertz CT molecular complexity index is 914. The zero-order valence-electron chi connectivity index (χ0n) is 16.0. The molecular formula is C18H22F3N3O5S. The maximum absolute atomic E-state index is 13.0. The number of non-ortho nitro benzene ring substituents is 1. The molecule has 1 amide bonds. The minimum atomic E-state index is -4.32. The SMILES string of the molecule is O=C(C1CCCC(C(F)(F)F)C1)N1CCN(S(=O)(=O)c2cccc([N+](=O)[O-])c2)CC1. The van der Waals surface area contributed by atoms with Gasteiger partial charge in [-0.3, -0.25) is 14.9 Å². The van der Waals surface area contributed by atoms with Gasteiger partial charge in [0.05, 0.1) is 15.7 Å². The highest BCUT2D eigenvalue weighted by atomic mass is 32.2. The van der Waals surface area contributed by atoms with Gasteiger partial charge in [-0.2, -0.15) is 17.5 Å². The summed E-state index contributed by atoms with van der Waals surface area (Å²) in [5, 5.41) is 10.9. The third kappa shape index (κ3) is 4.75. The fourth-order valence-electron chi connectivity index (χ4n) is 4.03. The maximum atomic E-state index is 13.0. The summed E-state index contributed by atoms with van der Waals surface area (Å²) in [6, 6.07) is 4.71. The van der Waals surface area contributed by atoms with E-state index in [1.807, 2.05) is 0 Å². The van der Waals surface area contributed by atoms with Crippen molar-refractivity contribution in [2.24, 2.45) is 11.8 Å². The van der Waals surface area contributed by atoms with E-state index in [1.165, 1.54) is 23.1 Å². The summed E-state index contributed by atoms with van der Waals surface area (Å²) < 4.78 is 65.7. The average Bonchev–Trinajstić information content (AvgIpc) is 2.73. The van der Waals surface area contributed by atoms with Crippen molar-refractivity contribution in [1.82, 2.24) is 9.21 Å². The molecule has 0 N–H and O–H groups in total. The number of nitro benzene ring substituents is 1. The van der Waals surface area contributed by atoms with Crippen molar-refractivity contribution in [3.63, 3.8) is 0 Å². The van der Waals surface area contributed by atoms with Gasteiger partial charge in [0.15, 0.2) is 0 Å². The van der Waals surface area contributed by atoms with Crippen LogP contribution in [0.1, 0.15) is 25.7 Å². The Morgan fingerprint density at radius 2 is 1.80 bits per heavy atom. The molecule has 1 aromatic rings. The largest absolute Gasteiger partial charge is 0.391 e. The van der Waals surface area contributed by atoms with Crippen molar-refractivity contribution in [2.45, 2.75) is 36.8 Å². The summed E-state index contributed by atoms with van der Waals surface area (Å²) in [5.41, 5.74) is -0.346. The first-order valence-electron chi connectivity index (χ1n) is 9.60. The van der Waals surface area contributed by atoms with Crippen molar-refractivity contribution in [1.29, 1.82) is 0 Å². The molecule has 2 fully saturated rings. The maximum Gasteiger partial charge on any atom is 0.391 e. The van der Waals surface area contributed by atoms with E-state index in [9.17, 15) is 36.5 Å². The highest BCUT2D eigenvalue weighted by molar-refractivity contribution is 7.89. The molecule has 0 aromatic heterocycles. The lowest BCUT2D eigenvalue weighted by Crippen LogP contribution is -2.52. The van der Waals surface area contributed by atoms with E-state index in [0.717, 1.165) is 10.4 Å². The molecule has 2 unspecified atom stereocenters. The lowest BCUT2D eigenvalue weighted by Gasteiger charge is -2.37. The second-order valence-corrected chi connectivity index (χ2v) is 9.52. The van der Waals surface area contributed by atoms with E-state index in [0.29, 0.717) is 12.8 Å². The van der Waals surface area contributed by atoms with Crippen LogP contribution >= 0.6 is 0 Å². The molecule has 0 bridgehead atoms. The van der Waals surface area contributed by atoms with E-state index in [4.69, 9.17) is 0 Å². The standard InChI is InChI=1S/C18H22F3N3O5S/c19-18(20,21)14-4-1-3-13(11-14)17(25)22-7-9-23(10-8-22)30(28,29)16-6-2-5-15(12-16)24(26)27/h2,5-6,12-14H,1,3-4,7-11H2. The van der Waals surface area contributed by atoms with E-state index in [1.54, 1.807) is 0 Å². The lowest BCUT2D eigenvalue weighted by atomic mass is 9.80. The molecular weight excluding hydrogens is 427 g/mol. The van der Waals surface area contributed by atoms with Crippen LogP contribution < -0.4 is 0 Å². The first-order chi connectivity index (χ1) is 14.0. The summed E-state index contributed by atoms with van der Waals surface area (Å²) >= 11 is 0. The first-order valence-corrected chi connectivity index (χ1v) is 11.0. The smallest absolute Gasteiger partial charge is 0.340 e. The van der Waals surface area contributed by atoms with E-state index < -0.39 is 33.0 Å². The van der Waals surface area contributed by atoms with Gasteiger partial charge in [-0.1, -0.05) is 12.5 Å². The van der Waals surface area contributed by atoms with Crippen LogP contribution in [0.25, 0.3) is 0 Å². The van der Waals surface area contributed by atoms with Gasteiger partial charge in [0.2, 0.25) is 15.9 Å². The van der Waals surface area contributed by atoms with Gasteiger partial charge in [-0.15, -0.1) is 0 Å². The molecule has 1 aromatic carbocycles. The van der Waals surface area contributed by atoms with Gasteiger partial charge in [-0.25, -0.2) is 8.42 Å². The third-order valence-corrected chi connectivity index (χ3v) is 7.60. The molecule has 2 aliphatic rings. The minimum absolute atomic E-state index is 0.0216. The highest BCUT2D eigenvalue weighted by Crippen LogP contribution is 2.40. The topological polar surface area (TPSA) is 101 Å². The van der Waals surface area contributed by atoms with Crippen molar-refractivity contribution < 1.29 is 31.3 Å². The van der Waals surface area contributed by atoms with Crippen LogP contribution in [0.5, 0.6) is 0 Å². The number of carbonyl (C=O) groups excluding carboxylic acids is 1. The van der Waals surface area contributed by atoms with Crippen LogP contribution in [0.2, 0.25) is 0 Å². The summed E-state index contributed by atoms with van der Waals surface area (Å²) in [5.74, 6) is -2.54. The zero-order valence-corrected chi connectivity index (χ0v) is 16.9. The monoisotopic (exact) mass is 449 g/mol. The van der Waals surface area contributed by atoms with Crippen LogP contribution in [-0.2, 0) is 14.8 Å². The molecule has 1 heterocycles. The van der Waals surface area contributed by atoms with Crippen LogP contribution in [0.3, 0.4) is 0 Å². The van der Waals surface area contributed by atoms with Gasteiger partial charge in [0.1, 0.15) is 0 Å². The summed E-state index contributed by atoms with van der Waals surface area (Å²) in [6.07, 6.45) is -3.78. The Morgan fingerprint density at radius 3 is 2.40 bits per heavy atom. The molecule has 1 aliphatic carbocycles. The molecule has 0 spiro atoms. The predicted molar refractivity (Wildman–Crippen MR) is 99.9 cm³/mol. The number of nitro groups is 1. The Labute approximate surface area is 171 Å². The highest BCUT2D eigenvalue weighted by Gasteiger charge is 2.44.